The summed E-state index contributed by atoms with van der Waals surface area (Å²) in [7, 11) is 0. The number of carbonyl (C=O) groups is 1. The van der Waals surface area contributed by atoms with Gasteiger partial charge in [-0.15, -0.1) is 11.3 Å². The number of nitriles is 1. The largest absolute Gasteiger partial charge is 0.378 e. The van der Waals surface area contributed by atoms with Gasteiger partial charge in [-0.25, -0.2) is 14.2 Å². The van der Waals surface area contributed by atoms with Crippen molar-refractivity contribution in [2.24, 2.45) is 0 Å². The molecule has 1 aliphatic rings. The van der Waals surface area contributed by atoms with Gasteiger partial charge in [0, 0.05) is 30.0 Å². The Kier molecular flexibility index (Phi) is 6.38. The van der Waals surface area contributed by atoms with Crippen molar-refractivity contribution in [1.82, 2.24) is 15.2 Å². The van der Waals surface area contributed by atoms with E-state index in [9.17, 15) is 14.4 Å². The highest BCUT2D eigenvalue weighted by Gasteiger charge is 2.26. The maximum atomic E-state index is 13.4. The molecular formula is C24H20FN7O2S. The van der Waals surface area contributed by atoms with Gasteiger partial charge in [-0.3, -0.25) is 5.10 Å². The Morgan fingerprint density at radius 1 is 1.14 bits per heavy atom. The Balaban J connectivity index is 1.43. The molecule has 2 amide bonds. The number of anilines is 3. The highest BCUT2D eigenvalue weighted by molar-refractivity contribution is 7.20. The molecule has 0 spiro atoms. The monoisotopic (exact) mass is 489 g/mol. The quantitative estimate of drug-likeness (QED) is 0.374. The second kappa shape index (κ2) is 9.92. The zero-order chi connectivity index (χ0) is 24.2. The molecule has 0 unspecified atom stereocenters. The van der Waals surface area contributed by atoms with Crippen molar-refractivity contribution in [3.05, 3.63) is 66.2 Å². The zero-order valence-corrected chi connectivity index (χ0v) is 19.2. The van der Waals surface area contributed by atoms with Crippen LogP contribution in [0.2, 0.25) is 0 Å². The fraction of sp³-hybridized carbons (Fsp3) is 0.167. The average Bonchev–Trinajstić information content (AvgIpc) is 3.53. The Morgan fingerprint density at radius 2 is 1.91 bits per heavy atom. The first-order valence-corrected chi connectivity index (χ1v) is 11.6. The molecular weight excluding hydrogens is 469 g/mol. The number of aromatic nitrogens is 3. The fourth-order valence-electron chi connectivity index (χ4n) is 3.85. The van der Waals surface area contributed by atoms with Crippen molar-refractivity contribution < 1.29 is 13.9 Å². The highest BCUT2D eigenvalue weighted by atomic mass is 32.1. The van der Waals surface area contributed by atoms with Crippen molar-refractivity contribution in [2.75, 3.05) is 41.8 Å². The lowest BCUT2D eigenvalue weighted by Gasteiger charge is -2.27. The number of urea groups is 1. The van der Waals surface area contributed by atoms with Gasteiger partial charge in [-0.2, -0.15) is 10.4 Å². The Labute approximate surface area is 204 Å². The number of nitrogens with zero attached hydrogens (tertiary/aromatic N) is 4. The first-order valence-electron chi connectivity index (χ1n) is 10.8. The van der Waals surface area contributed by atoms with Crippen molar-refractivity contribution >= 4 is 33.7 Å². The molecule has 2 aromatic heterocycles. The molecule has 2 aromatic carbocycles. The van der Waals surface area contributed by atoms with Crippen LogP contribution in [-0.4, -0.2) is 47.5 Å². The summed E-state index contributed by atoms with van der Waals surface area (Å²) in [5, 5.41) is 23.2. The van der Waals surface area contributed by atoms with Gasteiger partial charge in [0.05, 0.1) is 23.7 Å². The summed E-state index contributed by atoms with van der Waals surface area (Å²) in [4.78, 5) is 19.6. The normalized spacial score (nSPS) is 13.3. The number of ether oxygens (including phenoxy) is 1. The van der Waals surface area contributed by atoms with Crippen LogP contribution in [0.15, 0.2) is 54.9 Å². The van der Waals surface area contributed by atoms with Gasteiger partial charge in [-0.1, -0.05) is 18.2 Å². The number of hydrogen-bond donors (Lipinski definition) is 3. The molecule has 35 heavy (non-hydrogen) atoms. The number of amides is 2. The van der Waals surface area contributed by atoms with Crippen LogP contribution in [-0.2, 0) is 4.74 Å². The molecule has 5 rings (SSSR count). The predicted molar refractivity (Wildman–Crippen MR) is 132 cm³/mol. The van der Waals surface area contributed by atoms with Crippen LogP contribution < -0.4 is 15.5 Å². The molecule has 1 aliphatic heterocycles. The number of aromatic amines is 1. The van der Waals surface area contributed by atoms with Crippen LogP contribution in [0.25, 0.3) is 21.8 Å². The smallest absolute Gasteiger partial charge is 0.323 e. The van der Waals surface area contributed by atoms with Crippen LogP contribution in [0.5, 0.6) is 0 Å². The molecule has 0 atom stereocenters. The van der Waals surface area contributed by atoms with E-state index in [2.05, 4.69) is 36.8 Å². The lowest BCUT2D eigenvalue weighted by atomic mass is 10.0. The molecule has 9 nitrogen and oxygen atoms in total. The standard InChI is InChI=1S/C24H20FN7O2S/c25-16-2-1-3-18(12-16)30-24(33)29-17-6-4-15(5-7-17)20-19(13-26)23(32-8-10-34-11-9-32)35-21(20)22-27-14-28-31-22/h1-7,12,14H,8-11H2,(H,27,28,31)(H2,29,30,33). The van der Waals surface area contributed by atoms with Gasteiger partial charge in [-0.05, 0) is 35.9 Å². The molecule has 0 bridgehead atoms. The van der Waals surface area contributed by atoms with Crippen LogP contribution >= 0.6 is 11.3 Å². The molecule has 176 valence electrons. The average molecular weight is 490 g/mol. The molecule has 0 aliphatic carbocycles. The minimum absolute atomic E-state index is 0.350. The number of hydrogen-bond acceptors (Lipinski definition) is 7. The summed E-state index contributed by atoms with van der Waals surface area (Å²) < 4.78 is 18.8. The third-order valence-electron chi connectivity index (χ3n) is 5.44. The summed E-state index contributed by atoms with van der Waals surface area (Å²) in [5.41, 5.74) is 3.02. The predicted octanol–water partition coefficient (Wildman–Crippen LogP) is 4.69. The summed E-state index contributed by atoms with van der Waals surface area (Å²) in [6, 6.07) is 14.7. The van der Waals surface area contributed by atoms with E-state index in [-0.39, 0.29) is 0 Å². The molecule has 3 N–H and O–H groups in total. The third-order valence-corrected chi connectivity index (χ3v) is 6.70. The van der Waals surface area contributed by atoms with Gasteiger partial charge >= 0.3 is 6.03 Å². The van der Waals surface area contributed by atoms with Gasteiger partial charge in [0.1, 0.15) is 23.2 Å². The molecule has 0 radical (unpaired) electrons. The van der Waals surface area contributed by atoms with Crippen LogP contribution in [0, 0.1) is 17.1 Å². The molecule has 1 fully saturated rings. The van der Waals surface area contributed by atoms with E-state index in [0.29, 0.717) is 49.1 Å². The molecule has 11 heteroatoms. The van der Waals surface area contributed by atoms with Gasteiger partial charge in [0.25, 0.3) is 0 Å². The minimum atomic E-state index is -0.492. The van der Waals surface area contributed by atoms with E-state index in [0.717, 1.165) is 21.0 Å². The van der Waals surface area contributed by atoms with E-state index in [1.54, 1.807) is 18.2 Å². The summed E-state index contributed by atoms with van der Waals surface area (Å²) in [6.45, 7) is 2.61. The summed E-state index contributed by atoms with van der Waals surface area (Å²) >= 11 is 1.49. The van der Waals surface area contributed by atoms with Crippen molar-refractivity contribution in [3.63, 3.8) is 0 Å². The number of rotatable bonds is 5. The van der Waals surface area contributed by atoms with Crippen LogP contribution in [0.3, 0.4) is 0 Å². The number of nitrogens with one attached hydrogen (secondary N) is 3. The number of morpholine rings is 1. The molecule has 1 saturated heterocycles. The number of H-pyrrole nitrogens is 1. The number of carbonyl (C=O) groups excluding carboxylic acids is 1. The lowest BCUT2D eigenvalue weighted by Crippen LogP contribution is -2.36. The SMILES string of the molecule is N#Cc1c(N2CCOCC2)sc(-c2ncn[nH]2)c1-c1ccc(NC(=O)Nc2cccc(F)c2)cc1. The Morgan fingerprint density at radius 3 is 2.60 bits per heavy atom. The van der Waals surface area contributed by atoms with Crippen molar-refractivity contribution in [1.29, 1.82) is 5.26 Å². The van der Waals surface area contributed by atoms with Gasteiger partial charge < -0.3 is 20.3 Å². The Hall–Kier alpha value is -4.27. The highest BCUT2D eigenvalue weighted by Crippen LogP contribution is 2.46. The van der Waals surface area contributed by atoms with E-state index in [4.69, 9.17) is 4.74 Å². The van der Waals surface area contributed by atoms with E-state index in [1.165, 1.54) is 35.9 Å². The first kappa shape index (κ1) is 22.5. The van der Waals surface area contributed by atoms with Gasteiger partial charge in [0.15, 0.2) is 5.82 Å². The van der Waals surface area contributed by atoms with E-state index >= 15 is 0 Å². The summed E-state index contributed by atoms with van der Waals surface area (Å²) in [5.74, 6) is 0.146. The number of halogens is 1. The minimum Gasteiger partial charge on any atom is -0.378 e. The van der Waals surface area contributed by atoms with Crippen LogP contribution in [0.1, 0.15) is 5.56 Å². The molecule has 4 aromatic rings. The fourth-order valence-corrected chi connectivity index (χ4v) is 5.12. The molecule has 0 saturated carbocycles. The second-order valence-electron chi connectivity index (χ2n) is 7.70. The third kappa shape index (κ3) is 4.84. The maximum Gasteiger partial charge on any atom is 0.323 e. The zero-order valence-electron chi connectivity index (χ0n) is 18.4. The van der Waals surface area contributed by atoms with Crippen molar-refractivity contribution in [2.45, 2.75) is 0 Å². The van der Waals surface area contributed by atoms with Crippen molar-refractivity contribution in [3.8, 4) is 27.9 Å². The Bertz CT molecular complexity index is 1370. The lowest BCUT2D eigenvalue weighted by molar-refractivity contribution is 0.123. The van der Waals surface area contributed by atoms with E-state index in [1.807, 2.05) is 12.1 Å². The van der Waals surface area contributed by atoms with E-state index < -0.39 is 11.8 Å². The number of benzene rings is 2. The first-order chi connectivity index (χ1) is 17.1. The maximum absolute atomic E-state index is 13.4. The summed E-state index contributed by atoms with van der Waals surface area (Å²) in [6.07, 6.45) is 1.43. The molecule has 3 heterocycles. The topological polar surface area (TPSA) is 119 Å². The second-order valence-corrected chi connectivity index (χ2v) is 8.70. The van der Waals surface area contributed by atoms with Crippen LogP contribution in [0.4, 0.5) is 25.6 Å². The van der Waals surface area contributed by atoms with Gasteiger partial charge in [0.2, 0.25) is 0 Å². The number of thiophene rings is 1.